The zero-order chi connectivity index (χ0) is 20.0. The summed E-state index contributed by atoms with van der Waals surface area (Å²) in [4.78, 5) is 0.272. The van der Waals surface area contributed by atoms with Crippen molar-refractivity contribution in [2.75, 3.05) is 19.6 Å². The summed E-state index contributed by atoms with van der Waals surface area (Å²) in [6.07, 6.45) is -0.754. The van der Waals surface area contributed by atoms with Gasteiger partial charge in [0.15, 0.2) is 0 Å². The number of hydrogen-bond acceptors (Lipinski definition) is 4. The van der Waals surface area contributed by atoms with Crippen molar-refractivity contribution >= 4 is 10.0 Å². The van der Waals surface area contributed by atoms with Crippen LogP contribution in [0.5, 0.6) is 0 Å². The number of halogens is 1. The van der Waals surface area contributed by atoms with Gasteiger partial charge >= 0.3 is 0 Å². The highest BCUT2D eigenvalue weighted by Crippen LogP contribution is 2.20. The summed E-state index contributed by atoms with van der Waals surface area (Å²) in [6.45, 7) is 6.72. The van der Waals surface area contributed by atoms with E-state index in [1.165, 1.54) is 16.4 Å². The van der Waals surface area contributed by atoms with Gasteiger partial charge in [-0.25, -0.2) is 12.8 Å². The quantitative estimate of drug-likeness (QED) is 0.685. The molecule has 2 atom stereocenters. The van der Waals surface area contributed by atoms with Crippen molar-refractivity contribution < 1.29 is 17.9 Å². The number of aliphatic hydroxyl groups excluding tert-OH is 1. The van der Waals surface area contributed by atoms with Crippen molar-refractivity contribution in [2.24, 2.45) is 0 Å². The zero-order valence-electron chi connectivity index (χ0n) is 15.9. The van der Waals surface area contributed by atoms with E-state index in [1.54, 1.807) is 36.4 Å². The molecule has 2 aromatic rings. The van der Waals surface area contributed by atoms with Crippen molar-refractivity contribution in [3.05, 3.63) is 65.5 Å². The minimum Gasteiger partial charge on any atom is -0.387 e. The first-order valence-corrected chi connectivity index (χ1v) is 10.5. The van der Waals surface area contributed by atoms with Gasteiger partial charge in [0.1, 0.15) is 5.82 Å². The molecule has 0 saturated carbocycles. The third kappa shape index (κ3) is 5.35. The fourth-order valence-corrected chi connectivity index (χ4v) is 4.31. The average Bonchev–Trinajstić information content (AvgIpc) is 2.67. The van der Waals surface area contributed by atoms with Gasteiger partial charge in [-0.2, -0.15) is 4.31 Å². The lowest BCUT2D eigenvalue weighted by Gasteiger charge is -2.20. The van der Waals surface area contributed by atoms with Gasteiger partial charge < -0.3 is 10.4 Å². The number of benzene rings is 2. The summed E-state index contributed by atoms with van der Waals surface area (Å²) in [5.74, 6) is -0.341. The predicted octanol–water partition coefficient (Wildman–Crippen LogP) is 3.24. The third-order valence-corrected chi connectivity index (χ3v) is 6.66. The molecular weight excluding hydrogens is 367 g/mol. The molecule has 0 heterocycles. The van der Waals surface area contributed by atoms with Crippen LogP contribution in [-0.4, -0.2) is 37.5 Å². The summed E-state index contributed by atoms with van der Waals surface area (Å²) in [7, 11) is -3.47. The molecule has 0 aromatic heterocycles. The van der Waals surface area contributed by atoms with Gasteiger partial charge in [-0.3, -0.25) is 0 Å². The Hall–Kier alpha value is -1.80. The molecule has 2 N–H and O–H groups in total. The maximum absolute atomic E-state index is 13.0. The van der Waals surface area contributed by atoms with E-state index >= 15 is 0 Å². The van der Waals surface area contributed by atoms with E-state index in [1.807, 2.05) is 20.8 Å². The predicted molar refractivity (Wildman–Crippen MR) is 104 cm³/mol. The van der Waals surface area contributed by atoms with Crippen LogP contribution in [0.15, 0.2) is 53.4 Å². The zero-order valence-corrected chi connectivity index (χ0v) is 16.7. The number of hydrogen-bond donors (Lipinski definition) is 2. The van der Waals surface area contributed by atoms with Crippen LogP contribution >= 0.6 is 0 Å². The van der Waals surface area contributed by atoms with E-state index < -0.39 is 16.1 Å². The average molecular weight is 395 g/mol. The molecule has 0 amide bonds. The van der Waals surface area contributed by atoms with E-state index in [0.717, 1.165) is 5.56 Å². The lowest BCUT2D eigenvalue weighted by molar-refractivity contribution is 0.170. The summed E-state index contributed by atoms with van der Waals surface area (Å²) in [5.41, 5.74) is 1.55. The maximum atomic E-state index is 13.0. The first-order valence-electron chi connectivity index (χ1n) is 9.06. The molecule has 0 bridgehead atoms. The van der Waals surface area contributed by atoms with Crippen LogP contribution in [0.1, 0.15) is 44.0 Å². The van der Waals surface area contributed by atoms with E-state index in [2.05, 4.69) is 5.32 Å². The van der Waals surface area contributed by atoms with Crippen molar-refractivity contribution in [2.45, 2.75) is 37.8 Å². The van der Waals surface area contributed by atoms with Crippen molar-refractivity contribution in [3.8, 4) is 0 Å². The summed E-state index contributed by atoms with van der Waals surface area (Å²) < 4.78 is 39.4. The molecule has 0 radical (unpaired) electrons. The molecule has 2 unspecified atom stereocenters. The molecule has 5 nitrogen and oxygen atoms in total. The SMILES string of the molecule is CCN(CC)S(=O)(=O)c1ccc(C(C)NCC(O)c2ccc(F)cc2)cc1. The molecule has 2 rings (SSSR count). The van der Waals surface area contributed by atoms with Crippen LogP contribution in [0, 0.1) is 5.82 Å². The van der Waals surface area contributed by atoms with Crippen LogP contribution < -0.4 is 5.32 Å². The largest absolute Gasteiger partial charge is 0.387 e. The standard InChI is InChI=1S/C20H27FN2O3S/c1-4-23(5-2)27(25,26)19-12-8-16(9-13-19)15(3)22-14-20(24)17-6-10-18(21)11-7-17/h6-13,15,20,22,24H,4-5,14H2,1-3H3. The van der Waals surface area contributed by atoms with Crippen LogP contribution in [0.2, 0.25) is 0 Å². The lowest BCUT2D eigenvalue weighted by Crippen LogP contribution is -2.30. The maximum Gasteiger partial charge on any atom is 0.243 e. The summed E-state index contributed by atoms with van der Waals surface area (Å²) >= 11 is 0. The van der Waals surface area contributed by atoms with Gasteiger partial charge in [0, 0.05) is 25.7 Å². The second-order valence-electron chi connectivity index (χ2n) is 6.36. The van der Waals surface area contributed by atoms with E-state index in [9.17, 15) is 17.9 Å². The highest BCUT2D eigenvalue weighted by Gasteiger charge is 2.21. The topological polar surface area (TPSA) is 69.6 Å². The molecule has 7 heteroatoms. The van der Waals surface area contributed by atoms with Crippen molar-refractivity contribution in [3.63, 3.8) is 0 Å². The molecule has 2 aromatic carbocycles. The molecule has 0 aliphatic carbocycles. The number of nitrogens with one attached hydrogen (secondary N) is 1. The number of sulfonamides is 1. The van der Waals surface area contributed by atoms with E-state index in [0.29, 0.717) is 25.2 Å². The van der Waals surface area contributed by atoms with Gasteiger partial charge in [-0.1, -0.05) is 38.1 Å². The highest BCUT2D eigenvalue weighted by atomic mass is 32.2. The Labute approximate surface area is 160 Å². The van der Waals surface area contributed by atoms with Crippen LogP contribution in [0.3, 0.4) is 0 Å². The van der Waals surface area contributed by atoms with Crippen LogP contribution in [-0.2, 0) is 10.0 Å². The Balaban J connectivity index is 2.01. The van der Waals surface area contributed by atoms with Gasteiger partial charge in [-0.15, -0.1) is 0 Å². The Morgan fingerprint density at radius 2 is 1.52 bits per heavy atom. The Bertz CT molecular complexity index is 819. The van der Waals surface area contributed by atoms with Gasteiger partial charge in [0.05, 0.1) is 11.0 Å². The second kappa shape index (κ2) is 9.41. The molecule has 0 saturated heterocycles. The molecule has 0 aliphatic heterocycles. The normalized spacial score (nSPS) is 14.3. The first-order chi connectivity index (χ1) is 12.8. The van der Waals surface area contributed by atoms with Crippen molar-refractivity contribution in [1.82, 2.24) is 9.62 Å². The number of aliphatic hydroxyl groups is 1. The fourth-order valence-electron chi connectivity index (χ4n) is 2.85. The smallest absolute Gasteiger partial charge is 0.243 e. The molecule has 27 heavy (non-hydrogen) atoms. The minimum atomic E-state index is -3.47. The Morgan fingerprint density at radius 3 is 2.04 bits per heavy atom. The highest BCUT2D eigenvalue weighted by molar-refractivity contribution is 7.89. The second-order valence-corrected chi connectivity index (χ2v) is 8.29. The van der Waals surface area contributed by atoms with Crippen molar-refractivity contribution in [1.29, 1.82) is 0 Å². The van der Waals surface area contributed by atoms with Crippen LogP contribution in [0.25, 0.3) is 0 Å². The molecule has 0 aliphatic rings. The molecule has 148 valence electrons. The monoisotopic (exact) mass is 394 g/mol. The molecular formula is C20H27FN2O3S. The Morgan fingerprint density at radius 1 is 1.00 bits per heavy atom. The van der Waals surface area contributed by atoms with E-state index in [4.69, 9.17) is 0 Å². The lowest BCUT2D eigenvalue weighted by atomic mass is 10.1. The molecule has 0 spiro atoms. The third-order valence-electron chi connectivity index (χ3n) is 4.60. The van der Waals surface area contributed by atoms with Gasteiger partial charge in [-0.05, 0) is 42.3 Å². The number of rotatable bonds is 9. The number of nitrogens with zero attached hydrogens (tertiary/aromatic N) is 1. The fraction of sp³-hybridized carbons (Fsp3) is 0.400. The summed E-state index contributed by atoms with van der Waals surface area (Å²) in [5, 5.41) is 13.4. The first kappa shape index (κ1) is 21.5. The molecule has 0 fully saturated rings. The van der Waals surface area contributed by atoms with Crippen LogP contribution in [0.4, 0.5) is 4.39 Å². The minimum absolute atomic E-state index is 0.0784. The Kier molecular flexibility index (Phi) is 7.49. The summed E-state index contributed by atoms with van der Waals surface area (Å²) in [6, 6.07) is 12.4. The van der Waals surface area contributed by atoms with E-state index in [-0.39, 0.29) is 16.8 Å². The van der Waals surface area contributed by atoms with Gasteiger partial charge in [0.2, 0.25) is 10.0 Å². The van der Waals surface area contributed by atoms with Gasteiger partial charge in [0.25, 0.3) is 0 Å².